The molecule has 23 heavy (non-hydrogen) atoms. The topological polar surface area (TPSA) is 111 Å². The minimum atomic E-state index is -1.17. The van der Waals surface area contributed by atoms with Crippen molar-refractivity contribution in [2.45, 2.75) is 19.9 Å². The molecule has 1 aromatic carbocycles. The Kier molecular flexibility index (Phi) is 5.08. The third kappa shape index (κ3) is 4.40. The number of carbonyl (C=O) groups is 2. The second kappa shape index (κ2) is 7.21. The number of aryl methyl sites for hydroxylation is 1. The maximum atomic E-state index is 12.1. The van der Waals surface area contributed by atoms with Gasteiger partial charge in [-0.3, -0.25) is 14.2 Å². The summed E-state index contributed by atoms with van der Waals surface area (Å²) < 4.78 is 0.968. The summed E-state index contributed by atoms with van der Waals surface area (Å²) >= 11 is 0. The Morgan fingerprint density at radius 2 is 2.00 bits per heavy atom. The lowest BCUT2D eigenvalue weighted by Crippen LogP contribution is -2.30. The molecule has 0 atom stereocenters. The fourth-order valence-electron chi connectivity index (χ4n) is 1.88. The van der Waals surface area contributed by atoms with Gasteiger partial charge in [0.15, 0.2) is 5.69 Å². The van der Waals surface area contributed by atoms with Crippen LogP contribution >= 0.6 is 0 Å². The van der Waals surface area contributed by atoms with Gasteiger partial charge in [-0.15, -0.1) is 0 Å². The largest absolute Gasteiger partial charge is 0.480 e. The number of benzene rings is 1. The maximum absolute atomic E-state index is 12.1. The summed E-state index contributed by atoms with van der Waals surface area (Å²) in [5, 5.41) is 8.80. The predicted octanol–water partition coefficient (Wildman–Crippen LogP) is 0.749. The minimum Gasteiger partial charge on any atom is -0.480 e. The highest BCUT2D eigenvalue weighted by Gasteiger charge is 2.12. The smallest absolute Gasteiger partial charge is 0.336 e. The molecule has 8 heteroatoms. The molecule has 8 nitrogen and oxygen atoms in total. The molecule has 2 rings (SSSR count). The Hall–Kier alpha value is -3.16. The molecule has 0 saturated carbocycles. The molecule has 0 spiro atoms. The number of aliphatic carboxylic acids is 1. The van der Waals surface area contributed by atoms with Gasteiger partial charge < -0.3 is 9.94 Å². The molecule has 0 aliphatic rings. The molecule has 1 heterocycles. The van der Waals surface area contributed by atoms with Crippen molar-refractivity contribution in [2.24, 2.45) is 0 Å². The van der Waals surface area contributed by atoms with Gasteiger partial charge in [0.1, 0.15) is 12.4 Å². The summed E-state index contributed by atoms with van der Waals surface area (Å²) in [5.74, 6) is -1.50. The van der Waals surface area contributed by atoms with Gasteiger partial charge in [-0.25, -0.2) is 15.3 Å². The first-order valence-electron chi connectivity index (χ1n) is 6.75. The normalized spacial score (nSPS) is 10.1. The van der Waals surface area contributed by atoms with E-state index in [2.05, 4.69) is 10.5 Å². The number of aromatic nitrogens is 2. The van der Waals surface area contributed by atoms with Crippen molar-refractivity contribution in [3.63, 3.8) is 0 Å². The number of carboxylic acid groups (broad SMARTS) is 1. The van der Waals surface area contributed by atoms with Gasteiger partial charge in [-0.2, -0.15) is 0 Å². The van der Waals surface area contributed by atoms with E-state index in [9.17, 15) is 14.4 Å². The van der Waals surface area contributed by atoms with E-state index in [0.717, 1.165) is 10.1 Å². The first-order valence-corrected chi connectivity index (χ1v) is 6.75. The quantitative estimate of drug-likeness (QED) is 0.756. The van der Waals surface area contributed by atoms with Crippen molar-refractivity contribution in [3.05, 3.63) is 58.3 Å². The molecular weight excluding hydrogens is 302 g/mol. The number of nitrogens with one attached hydrogen (secondary N) is 1. The second-order valence-electron chi connectivity index (χ2n) is 4.74. The summed E-state index contributed by atoms with van der Waals surface area (Å²) in [4.78, 5) is 43.3. The molecule has 1 aromatic heterocycles. The van der Waals surface area contributed by atoms with Crippen LogP contribution < -0.4 is 11.0 Å². The average molecular weight is 317 g/mol. The third-order valence-electron chi connectivity index (χ3n) is 3.01. The monoisotopic (exact) mass is 317 g/mol. The Morgan fingerprint density at radius 3 is 2.65 bits per heavy atom. The van der Waals surface area contributed by atoms with Crippen LogP contribution in [0, 0.1) is 6.92 Å². The molecule has 2 aromatic rings. The van der Waals surface area contributed by atoms with Crippen molar-refractivity contribution < 1.29 is 19.5 Å². The Morgan fingerprint density at radius 1 is 1.30 bits per heavy atom. The number of anilines is 1. The van der Waals surface area contributed by atoms with Crippen molar-refractivity contribution in [1.29, 1.82) is 0 Å². The van der Waals surface area contributed by atoms with Crippen molar-refractivity contribution >= 4 is 17.6 Å². The zero-order valence-corrected chi connectivity index (χ0v) is 12.4. The van der Waals surface area contributed by atoms with Crippen LogP contribution in [-0.4, -0.2) is 26.6 Å². The Bertz CT molecular complexity index is 770. The molecule has 2 N–H and O–H groups in total. The van der Waals surface area contributed by atoms with E-state index in [-0.39, 0.29) is 17.9 Å². The van der Waals surface area contributed by atoms with Crippen LogP contribution in [0.25, 0.3) is 0 Å². The summed E-state index contributed by atoms with van der Waals surface area (Å²) in [7, 11) is 0. The van der Waals surface area contributed by atoms with Gasteiger partial charge in [0.2, 0.25) is 0 Å². The average Bonchev–Trinajstić information content (AvgIpc) is 2.51. The molecule has 0 bridgehead atoms. The number of hydrogen-bond acceptors (Lipinski definition) is 6. The molecule has 0 aliphatic heterocycles. The van der Waals surface area contributed by atoms with Gasteiger partial charge in [-0.1, -0.05) is 30.3 Å². The van der Waals surface area contributed by atoms with Crippen LogP contribution in [0.1, 0.15) is 11.4 Å². The lowest BCUT2D eigenvalue weighted by atomic mass is 10.2. The van der Waals surface area contributed by atoms with Crippen LogP contribution in [0.4, 0.5) is 5.69 Å². The van der Waals surface area contributed by atoms with Crippen molar-refractivity contribution in [3.8, 4) is 0 Å². The first kappa shape index (κ1) is 16.2. The lowest BCUT2D eigenvalue weighted by molar-refractivity contribution is -0.140. The van der Waals surface area contributed by atoms with Crippen molar-refractivity contribution in [1.82, 2.24) is 9.55 Å². The van der Waals surface area contributed by atoms with E-state index in [1.54, 1.807) is 24.3 Å². The zero-order valence-electron chi connectivity index (χ0n) is 12.4. The van der Waals surface area contributed by atoms with E-state index >= 15 is 0 Å². The zero-order chi connectivity index (χ0) is 16.8. The van der Waals surface area contributed by atoms with E-state index < -0.39 is 24.0 Å². The fourth-order valence-corrected chi connectivity index (χ4v) is 1.88. The Labute approximate surface area is 131 Å². The molecule has 0 amide bonds. The summed E-state index contributed by atoms with van der Waals surface area (Å²) in [6.07, 6.45) is 1.22. The molecule has 0 radical (unpaired) electrons. The van der Waals surface area contributed by atoms with Gasteiger partial charge in [0.25, 0.3) is 5.56 Å². The fraction of sp³-hybridized carbons (Fsp3) is 0.200. The number of nitrogens with zero attached hydrogens (tertiary/aromatic N) is 2. The van der Waals surface area contributed by atoms with E-state index in [4.69, 9.17) is 9.94 Å². The third-order valence-corrected chi connectivity index (χ3v) is 3.01. The Balaban J connectivity index is 2.04. The highest BCUT2D eigenvalue weighted by atomic mass is 16.7. The van der Waals surface area contributed by atoms with Crippen molar-refractivity contribution in [2.75, 3.05) is 5.48 Å². The van der Waals surface area contributed by atoms with Gasteiger partial charge in [0, 0.05) is 0 Å². The standard InChI is InChI=1S/C15H15N3O5/c1-10-16-8-12(15(22)18(10)9-13(19)20)17-23-14(21)7-11-5-3-2-4-6-11/h2-6,8,17H,7,9H2,1H3,(H,19,20). The van der Waals surface area contributed by atoms with E-state index in [0.29, 0.717) is 0 Å². The van der Waals surface area contributed by atoms with E-state index in [1.165, 1.54) is 13.1 Å². The molecule has 0 aliphatic carbocycles. The van der Waals surface area contributed by atoms with Gasteiger partial charge in [0.05, 0.1) is 12.6 Å². The van der Waals surface area contributed by atoms with Crippen LogP contribution in [0.3, 0.4) is 0 Å². The number of carboxylic acids is 1. The molecule has 0 saturated heterocycles. The maximum Gasteiger partial charge on any atom is 0.336 e. The summed E-state index contributed by atoms with van der Waals surface area (Å²) in [6, 6.07) is 8.97. The second-order valence-corrected chi connectivity index (χ2v) is 4.74. The highest BCUT2D eigenvalue weighted by Crippen LogP contribution is 2.03. The molecule has 0 unspecified atom stereocenters. The molecule has 0 fully saturated rings. The highest BCUT2D eigenvalue weighted by molar-refractivity contribution is 5.73. The van der Waals surface area contributed by atoms with Crippen LogP contribution in [0.2, 0.25) is 0 Å². The van der Waals surface area contributed by atoms with Crippen LogP contribution in [0.5, 0.6) is 0 Å². The SMILES string of the molecule is Cc1ncc(NOC(=O)Cc2ccccc2)c(=O)n1CC(=O)O. The molecule has 120 valence electrons. The number of hydrogen-bond donors (Lipinski definition) is 2. The lowest BCUT2D eigenvalue weighted by Gasteiger charge is -2.10. The van der Waals surface area contributed by atoms with Gasteiger partial charge in [-0.05, 0) is 12.5 Å². The summed E-state index contributed by atoms with van der Waals surface area (Å²) in [5.41, 5.74) is 2.26. The first-order chi connectivity index (χ1) is 11.0. The molecular formula is C15H15N3O5. The summed E-state index contributed by atoms with van der Waals surface area (Å²) in [6.45, 7) is 0.987. The van der Waals surface area contributed by atoms with E-state index in [1.807, 2.05) is 6.07 Å². The van der Waals surface area contributed by atoms with Crippen LogP contribution in [-0.2, 0) is 27.4 Å². The minimum absolute atomic E-state index is 0.0381. The van der Waals surface area contributed by atoms with Gasteiger partial charge >= 0.3 is 11.9 Å². The number of rotatable bonds is 6. The predicted molar refractivity (Wildman–Crippen MR) is 80.7 cm³/mol. The number of carbonyl (C=O) groups excluding carboxylic acids is 1. The van der Waals surface area contributed by atoms with Crippen LogP contribution in [0.15, 0.2) is 41.3 Å².